The van der Waals surface area contributed by atoms with Gasteiger partial charge in [-0.2, -0.15) is 0 Å². The molecule has 0 unspecified atom stereocenters. The molecule has 1 aromatic carbocycles. The van der Waals surface area contributed by atoms with Gasteiger partial charge in [0.05, 0.1) is 22.3 Å². The molecule has 0 aliphatic rings. The van der Waals surface area contributed by atoms with Crippen molar-refractivity contribution in [1.29, 1.82) is 0 Å². The fourth-order valence-corrected chi connectivity index (χ4v) is 2.94. The second-order valence-electron chi connectivity index (χ2n) is 4.65. The van der Waals surface area contributed by atoms with E-state index in [0.29, 0.717) is 25.7 Å². The zero-order valence-corrected chi connectivity index (χ0v) is 15.3. The van der Waals surface area contributed by atoms with E-state index in [0.717, 1.165) is 16.9 Å². The molecule has 2 aromatic rings. The highest BCUT2D eigenvalue weighted by Gasteiger charge is 2.16. The van der Waals surface area contributed by atoms with Crippen molar-refractivity contribution in [2.24, 2.45) is 0 Å². The van der Waals surface area contributed by atoms with Crippen molar-refractivity contribution >= 4 is 57.6 Å². The van der Waals surface area contributed by atoms with Crippen molar-refractivity contribution in [2.75, 3.05) is 11.9 Å². The molecule has 0 saturated heterocycles. The van der Waals surface area contributed by atoms with Gasteiger partial charge in [0, 0.05) is 6.08 Å². The standard InChI is InChI=1S/C16H14Cl2N2O3S/c1-3-23-15(22)14-9(2)19-16(24-14)20-13(21)7-5-10-4-6-11(17)12(18)8-10/h4-8H,3H2,1-2H3,(H,19,20,21). The zero-order chi connectivity index (χ0) is 17.7. The van der Waals surface area contributed by atoms with Crippen molar-refractivity contribution < 1.29 is 14.3 Å². The number of hydrogen-bond donors (Lipinski definition) is 1. The van der Waals surface area contributed by atoms with Crippen LogP contribution in [0, 0.1) is 6.92 Å². The summed E-state index contributed by atoms with van der Waals surface area (Å²) in [5.41, 5.74) is 1.25. The molecule has 0 fully saturated rings. The molecule has 126 valence electrons. The summed E-state index contributed by atoms with van der Waals surface area (Å²) < 4.78 is 4.93. The lowest BCUT2D eigenvalue weighted by molar-refractivity contribution is -0.111. The Morgan fingerprint density at radius 1 is 1.33 bits per heavy atom. The average molecular weight is 385 g/mol. The fourth-order valence-electron chi connectivity index (χ4n) is 1.77. The minimum Gasteiger partial charge on any atom is -0.462 e. The summed E-state index contributed by atoms with van der Waals surface area (Å²) in [6.45, 7) is 3.69. The molecular weight excluding hydrogens is 371 g/mol. The topological polar surface area (TPSA) is 68.3 Å². The number of amides is 1. The van der Waals surface area contributed by atoms with Gasteiger partial charge in [0.25, 0.3) is 0 Å². The number of nitrogens with zero attached hydrogens (tertiary/aromatic N) is 1. The van der Waals surface area contributed by atoms with Crippen molar-refractivity contribution in [2.45, 2.75) is 13.8 Å². The van der Waals surface area contributed by atoms with E-state index >= 15 is 0 Å². The predicted octanol–water partition coefficient (Wildman–Crippen LogP) is 4.59. The van der Waals surface area contributed by atoms with E-state index in [1.165, 1.54) is 6.08 Å². The molecule has 0 radical (unpaired) electrons. The number of carbonyl (C=O) groups excluding carboxylic acids is 2. The van der Waals surface area contributed by atoms with Crippen LogP contribution in [-0.2, 0) is 9.53 Å². The highest BCUT2D eigenvalue weighted by Crippen LogP contribution is 2.24. The monoisotopic (exact) mass is 384 g/mol. The van der Waals surface area contributed by atoms with Crippen molar-refractivity contribution in [3.63, 3.8) is 0 Å². The van der Waals surface area contributed by atoms with Gasteiger partial charge in [-0.3, -0.25) is 10.1 Å². The lowest BCUT2D eigenvalue weighted by Gasteiger charge is -1.98. The number of carbonyl (C=O) groups is 2. The first-order valence-electron chi connectivity index (χ1n) is 6.99. The average Bonchev–Trinajstić information content (AvgIpc) is 2.89. The van der Waals surface area contributed by atoms with Crippen LogP contribution in [0.2, 0.25) is 10.0 Å². The summed E-state index contributed by atoms with van der Waals surface area (Å²) in [7, 11) is 0. The highest BCUT2D eigenvalue weighted by molar-refractivity contribution is 7.17. The van der Waals surface area contributed by atoms with Gasteiger partial charge in [-0.1, -0.05) is 40.6 Å². The molecule has 1 N–H and O–H groups in total. The van der Waals surface area contributed by atoms with Crippen LogP contribution < -0.4 is 5.32 Å². The highest BCUT2D eigenvalue weighted by atomic mass is 35.5. The molecule has 0 saturated carbocycles. The summed E-state index contributed by atoms with van der Waals surface area (Å²) in [5.74, 6) is -0.815. The smallest absolute Gasteiger partial charge is 0.350 e. The Bertz CT molecular complexity index is 803. The molecule has 0 atom stereocenters. The van der Waals surface area contributed by atoms with E-state index in [2.05, 4.69) is 10.3 Å². The van der Waals surface area contributed by atoms with Crippen LogP contribution >= 0.6 is 34.5 Å². The van der Waals surface area contributed by atoms with E-state index in [9.17, 15) is 9.59 Å². The van der Waals surface area contributed by atoms with E-state index in [1.807, 2.05) is 0 Å². The third kappa shape index (κ3) is 4.80. The largest absolute Gasteiger partial charge is 0.462 e. The Hall–Kier alpha value is -1.89. The Labute approximate surface area is 153 Å². The SMILES string of the molecule is CCOC(=O)c1sc(NC(=O)C=Cc2ccc(Cl)c(Cl)c2)nc1C. The number of ether oxygens (including phenoxy) is 1. The molecule has 8 heteroatoms. The minimum absolute atomic E-state index is 0.282. The first-order valence-corrected chi connectivity index (χ1v) is 8.56. The molecule has 1 aromatic heterocycles. The second-order valence-corrected chi connectivity index (χ2v) is 6.46. The molecule has 0 aliphatic carbocycles. The van der Waals surface area contributed by atoms with Crippen LogP contribution in [0.4, 0.5) is 5.13 Å². The quantitative estimate of drug-likeness (QED) is 0.604. The maximum absolute atomic E-state index is 11.9. The third-order valence-corrected chi connectivity index (χ3v) is 4.65. The molecule has 1 heterocycles. The van der Waals surface area contributed by atoms with Gasteiger partial charge in [0.15, 0.2) is 5.13 Å². The number of thiazole rings is 1. The molecule has 0 spiro atoms. The van der Waals surface area contributed by atoms with Gasteiger partial charge in [-0.15, -0.1) is 0 Å². The summed E-state index contributed by atoms with van der Waals surface area (Å²) in [4.78, 5) is 28.2. The van der Waals surface area contributed by atoms with Gasteiger partial charge in [0.1, 0.15) is 4.88 Å². The van der Waals surface area contributed by atoms with Crippen LogP contribution in [0.1, 0.15) is 27.9 Å². The number of rotatable bonds is 5. The van der Waals surface area contributed by atoms with Crippen LogP contribution in [0.5, 0.6) is 0 Å². The molecule has 0 aliphatic heterocycles. The van der Waals surface area contributed by atoms with Crippen LogP contribution in [0.25, 0.3) is 6.08 Å². The predicted molar refractivity (Wildman–Crippen MR) is 96.9 cm³/mol. The summed E-state index contributed by atoms with van der Waals surface area (Å²) in [5, 5.41) is 3.80. The Kier molecular flexibility index (Phi) is 6.36. The van der Waals surface area contributed by atoms with E-state index < -0.39 is 5.97 Å². The molecule has 24 heavy (non-hydrogen) atoms. The molecule has 5 nitrogen and oxygen atoms in total. The normalized spacial score (nSPS) is 10.8. The maximum Gasteiger partial charge on any atom is 0.350 e. The third-order valence-electron chi connectivity index (χ3n) is 2.86. The number of nitrogens with one attached hydrogen (secondary N) is 1. The van der Waals surface area contributed by atoms with Crippen molar-refractivity contribution in [3.8, 4) is 0 Å². The number of halogens is 2. The second kappa shape index (κ2) is 8.28. The van der Waals surface area contributed by atoms with E-state index in [4.69, 9.17) is 27.9 Å². The number of anilines is 1. The lowest BCUT2D eigenvalue weighted by atomic mass is 10.2. The first-order chi connectivity index (χ1) is 11.4. The maximum atomic E-state index is 11.9. The van der Waals surface area contributed by atoms with E-state index in [1.54, 1.807) is 38.1 Å². The van der Waals surface area contributed by atoms with Gasteiger partial charge in [0.2, 0.25) is 5.91 Å². The molecule has 1 amide bonds. The lowest BCUT2D eigenvalue weighted by Crippen LogP contribution is -2.07. The van der Waals surface area contributed by atoms with Gasteiger partial charge < -0.3 is 4.74 Å². The summed E-state index contributed by atoms with van der Waals surface area (Å²) in [6.07, 6.45) is 2.95. The number of aromatic nitrogens is 1. The molecular formula is C16H14Cl2N2O3S. The van der Waals surface area contributed by atoms with Crippen LogP contribution in [-0.4, -0.2) is 23.5 Å². The summed E-state index contributed by atoms with van der Waals surface area (Å²) in [6, 6.07) is 5.04. The van der Waals surface area contributed by atoms with Crippen molar-refractivity contribution in [3.05, 3.63) is 50.5 Å². The van der Waals surface area contributed by atoms with Crippen LogP contribution in [0.15, 0.2) is 24.3 Å². The fraction of sp³-hybridized carbons (Fsp3) is 0.188. The number of benzene rings is 1. The number of esters is 1. The van der Waals surface area contributed by atoms with Crippen LogP contribution in [0.3, 0.4) is 0 Å². The van der Waals surface area contributed by atoms with Crippen molar-refractivity contribution in [1.82, 2.24) is 4.98 Å². The van der Waals surface area contributed by atoms with Gasteiger partial charge >= 0.3 is 5.97 Å². The number of hydrogen-bond acceptors (Lipinski definition) is 5. The Morgan fingerprint density at radius 3 is 2.75 bits per heavy atom. The Balaban J connectivity index is 2.04. The van der Waals surface area contributed by atoms with Gasteiger partial charge in [-0.05, 0) is 37.6 Å². The van der Waals surface area contributed by atoms with E-state index in [-0.39, 0.29) is 12.5 Å². The minimum atomic E-state index is -0.445. The zero-order valence-electron chi connectivity index (χ0n) is 12.9. The Morgan fingerprint density at radius 2 is 2.08 bits per heavy atom. The number of aryl methyl sites for hydroxylation is 1. The molecule has 2 rings (SSSR count). The molecule has 0 bridgehead atoms. The van der Waals surface area contributed by atoms with Gasteiger partial charge in [-0.25, -0.2) is 9.78 Å². The first kappa shape index (κ1) is 18.4. The summed E-state index contributed by atoms with van der Waals surface area (Å²) >= 11 is 12.8.